The van der Waals surface area contributed by atoms with Crippen molar-refractivity contribution < 1.29 is 4.74 Å². The van der Waals surface area contributed by atoms with Crippen LogP contribution in [0.2, 0.25) is 0 Å². The molecule has 2 aromatic heterocycles. The minimum absolute atomic E-state index is 0.331. The maximum absolute atomic E-state index is 6.24. The Bertz CT molecular complexity index is 871. The van der Waals surface area contributed by atoms with Crippen molar-refractivity contribution in [3.8, 4) is 11.7 Å². The second-order valence-corrected chi connectivity index (χ2v) is 6.87. The average Bonchev–Trinajstić information content (AvgIpc) is 3.22. The Morgan fingerprint density at radius 2 is 2.04 bits per heavy atom. The average molecular weight is 351 g/mol. The maximum Gasteiger partial charge on any atom is 0.253 e. The molecule has 6 heteroatoms. The minimum Gasteiger partial charge on any atom is -0.490 e. The molecular formula is C20H25N5O. The molecule has 0 bridgehead atoms. The summed E-state index contributed by atoms with van der Waals surface area (Å²) in [5, 5.41) is 5.28. The second kappa shape index (κ2) is 7.32. The smallest absolute Gasteiger partial charge is 0.253 e. The highest BCUT2D eigenvalue weighted by Gasteiger charge is 2.17. The van der Waals surface area contributed by atoms with E-state index in [1.807, 2.05) is 31.4 Å². The quantitative estimate of drug-likeness (QED) is 0.696. The van der Waals surface area contributed by atoms with E-state index in [9.17, 15) is 0 Å². The van der Waals surface area contributed by atoms with Gasteiger partial charge in [0.25, 0.3) is 5.95 Å². The molecule has 0 unspecified atom stereocenters. The Morgan fingerprint density at radius 3 is 2.77 bits per heavy atom. The summed E-state index contributed by atoms with van der Waals surface area (Å²) in [5.74, 6) is 2.39. The molecule has 26 heavy (non-hydrogen) atoms. The molecule has 0 radical (unpaired) electrons. The Kier molecular flexibility index (Phi) is 4.73. The summed E-state index contributed by atoms with van der Waals surface area (Å²) in [4.78, 5) is 11.6. The third-order valence-electron chi connectivity index (χ3n) is 5.04. The van der Waals surface area contributed by atoms with E-state index in [0.29, 0.717) is 12.1 Å². The van der Waals surface area contributed by atoms with Crippen LogP contribution in [-0.2, 0) is 0 Å². The van der Waals surface area contributed by atoms with Crippen molar-refractivity contribution in [1.82, 2.24) is 19.7 Å². The molecule has 0 N–H and O–H groups in total. The third kappa shape index (κ3) is 3.36. The Hall–Kier alpha value is -2.63. The van der Waals surface area contributed by atoms with Crippen molar-refractivity contribution in [2.24, 2.45) is 0 Å². The minimum atomic E-state index is 0.331. The lowest BCUT2D eigenvalue weighted by Gasteiger charge is -2.24. The Morgan fingerprint density at radius 1 is 1.19 bits per heavy atom. The van der Waals surface area contributed by atoms with Gasteiger partial charge in [0.15, 0.2) is 0 Å². The molecule has 4 rings (SSSR count). The lowest BCUT2D eigenvalue weighted by molar-refractivity contribution is 0.155. The van der Waals surface area contributed by atoms with Gasteiger partial charge in [0.1, 0.15) is 11.6 Å². The van der Waals surface area contributed by atoms with Crippen LogP contribution in [0.5, 0.6) is 5.75 Å². The first-order valence-electron chi connectivity index (χ1n) is 9.44. The largest absolute Gasteiger partial charge is 0.490 e. The summed E-state index contributed by atoms with van der Waals surface area (Å²) in [5.41, 5.74) is 0.900. The monoisotopic (exact) mass is 351 g/mol. The van der Waals surface area contributed by atoms with Gasteiger partial charge in [-0.2, -0.15) is 10.1 Å². The van der Waals surface area contributed by atoms with E-state index in [2.05, 4.69) is 23.0 Å². The highest BCUT2D eigenvalue weighted by molar-refractivity contribution is 5.91. The molecule has 3 aromatic rings. The maximum atomic E-state index is 6.24. The number of hydrogen-bond acceptors (Lipinski definition) is 5. The molecule has 0 aliphatic heterocycles. The normalized spacial score (nSPS) is 15.3. The Balaban J connectivity index is 1.74. The zero-order valence-electron chi connectivity index (χ0n) is 15.4. The molecule has 1 fully saturated rings. The van der Waals surface area contributed by atoms with Gasteiger partial charge in [-0.1, -0.05) is 6.42 Å². The highest BCUT2D eigenvalue weighted by atomic mass is 16.5. The van der Waals surface area contributed by atoms with Gasteiger partial charge >= 0.3 is 0 Å². The van der Waals surface area contributed by atoms with Crippen molar-refractivity contribution in [2.75, 3.05) is 18.5 Å². The van der Waals surface area contributed by atoms with E-state index in [1.165, 1.54) is 19.3 Å². The lowest BCUT2D eigenvalue weighted by Crippen LogP contribution is -2.20. The SMILES string of the molecule is CCN(C)c1nc(-n2cccn2)nc2ccc(OC3CCCCC3)cc12. The van der Waals surface area contributed by atoms with Crippen LogP contribution in [0.4, 0.5) is 5.82 Å². The van der Waals surface area contributed by atoms with Crippen LogP contribution >= 0.6 is 0 Å². The fourth-order valence-corrected chi connectivity index (χ4v) is 3.46. The lowest BCUT2D eigenvalue weighted by atomic mass is 9.98. The number of anilines is 1. The zero-order valence-corrected chi connectivity index (χ0v) is 15.4. The first kappa shape index (κ1) is 16.8. The van der Waals surface area contributed by atoms with E-state index in [1.54, 1.807) is 10.9 Å². The van der Waals surface area contributed by atoms with Crippen LogP contribution in [-0.4, -0.2) is 39.4 Å². The molecule has 1 aliphatic carbocycles. The van der Waals surface area contributed by atoms with Gasteiger partial charge in [-0.15, -0.1) is 0 Å². The number of nitrogens with zero attached hydrogens (tertiary/aromatic N) is 5. The summed E-state index contributed by atoms with van der Waals surface area (Å²) in [7, 11) is 2.04. The van der Waals surface area contributed by atoms with E-state index >= 15 is 0 Å². The molecule has 1 aliphatic rings. The molecule has 0 amide bonds. The fourth-order valence-electron chi connectivity index (χ4n) is 3.46. The molecule has 0 saturated heterocycles. The van der Waals surface area contributed by atoms with Crippen LogP contribution in [0.1, 0.15) is 39.0 Å². The summed E-state index contributed by atoms with van der Waals surface area (Å²) in [6, 6.07) is 8.00. The number of ether oxygens (including phenoxy) is 1. The predicted octanol–water partition coefficient (Wildman–Crippen LogP) is 3.98. The van der Waals surface area contributed by atoms with E-state index in [-0.39, 0.29) is 0 Å². The van der Waals surface area contributed by atoms with Crippen molar-refractivity contribution in [2.45, 2.75) is 45.1 Å². The van der Waals surface area contributed by atoms with Crippen LogP contribution in [0.3, 0.4) is 0 Å². The molecule has 0 spiro atoms. The highest BCUT2D eigenvalue weighted by Crippen LogP contribution is 2.30. The van der Waals surface area contributed by atoms with Gasteiger partial charge in [0.2, 0.25) is 0 Å². The number of hydrogen-bond donors (Lipinski definition) is 0. The van der Waals surface area contributed by atoms with Gasteiger partial charge in [-0.3, -0.25) is 0 Å². The first-order valence-corrected chi connectivity index (χ1v) is 9.44. The summed E-state index contributed by atoms with van der Waals surface area (Å²) in [6.45, 7) is 2.97. The van der Waals surface area contributed by atoms with Crippen LogP contribution in [0, 0.1) is 0 Å². The van der Waals surface area contributed by atoms with Gasteiger partial charge in [-0.25, -0.2) is 9.67 Å². The van der Waals surface area contributed by atoms with Crippen molar-refractivity contribution in [3.05, 3.63) is 36.7 Å². The van der Waals surface area contributed by atoms with E-state index in [4.69, 9.17) is 14.7 Å². The van der Waals surface area contributed by atoms with Gasteiger partial charge in [0.05, 0.1) is 11.6 Å². The molecule has 1 saturated carbocycles. The topological polar surface area (TPSA) is 56.1 Å². The molecule has 2 heterocycles. The predicted molar refractivity (Wildman–Crippen MR) is 103 cm³/mol. The van der Waals surface area contributed by atoms with Crippen LogP contribution in [0.25, 0.3) is 16.9 Å². The molecule has 1 aromatic carbocycles. The molecular weight excluding hydrogens is 326 g/mol. The first-order chi connectivity index (χ1) is 12.7. The van der Waals surface area contributed by atoms with Crippen LogP contribution in [0.15, 0.2) is 36.7 Å². The summed E-state index contributed by atoms with van der Waals surface area (Å²) >= 11 is 0. The Labute approximate surface area is 153 Å². The fraction of sp³-hybridized carbons (Fsp3) is 0.450. The molecule has 136 valence electrons. The summed E-state index contributed by atoms with van der Waals surface area (Å²) < 4.78 is 7.94. The second-order valence-electron chi connectivity index (χ2n) is 6.87. The van der Waals surface area contributed by atoms with E-state index < -0.39 is 0 Å². The zero-order chi connectivity index (χ0) is 17.9. The van der Waals surface area contributed by atoms with Crippen LogP contribution < -0.4 is 9.64 Å². The van der Waals surface area contributed by atoms with Gasteiger partial charge in [-0.05, 0) is 56.9 Å². The number of rotatable bonds is 5. The molecule has 0 atom stereocenters. The third-order valence-corrected chi connectivity index (χ3v) is 5.04. The molecule has 6 nitrogen and oxygen atoms in total. The standard InChI is InChI=1S/C20H25N5O/c1-3-24(2)19-17-14-16(26-15-8-5-4-6-9-15)10-11-18(17)22-20(23-19)25-13-7-12-21-25/h7,10-15H,3-6,8-9H2,1-2H3. The van der Waals surface area contributed by atoms with Crippen molar-refractivity contribution >= 4 is 16.7 Å². The number of aromatic nitrogens is 4. The number of benzene rings is 1. The van der Waals surface area contributed by atoms with Gasteiger partial charge in [0, 0.05) is 31.4 Å². The van der Waals surface area contributed by atoms with E-state index in [0.717, 1.165) is 41.9 Å². The summed E-state index contributed by atoms with van der Waals surface area (Å²) in [6.07, 6.45) is 10.1. The van der Waals surface area contributed by atoms with Crippen molar-refractivity contribution in [3.63, 3.8) is 0 Å². The van der Waals surface area contributed by atoms with Crippen molar-refractivity contribution in [1.29, 1.82) is 0 Å². The van der Waals surface area contributed by atoms with Gasteiger partial charge < -0.3 is 9.64 Å². The number of fused-ring (bicyclic) bond motifs is 1.